The first kappa shape index (κ1) is 19.0. The predicted molar refractivity (Wildman–Crippen MR) is 104 cm³/mol. The predicted octanol–water partition coefficient (Wildman–Crippen LogP) is 1.22. The Morgan fingerprint density at radius 1 is 0.871 bits per heavy atom. The molecule has 0 bridgehead atoms. The van der Waals surface area contributed by atoms with Crippen molar-refractivity contribution in [3.05, 3.63) is 70.8 Å². The fourth-order valence-electron chi connectivity index (χ4n) is 3.97. The SMILES string of the molecule is O=C(CNC(=O)C1c2ccccc2C(=O)N1C1CC1)ON1C(=O)c2ccccc2C1=O. The van der Waals surface area contributed by atoms with Crippen LogP contribution in [0.3, 0.4) is 0 Å². The Morgan fingerprint density at radius 3 is 2.06 bits per heavy atom. The summed E-state index contributed by atoms with van der Waals surface area (Å²) in [4.78, 5) is 68.9. The van der Waals surface area contributed by atoms with Gasteiger partial charge >= 0.3 is 5.97 Å². The van der Waals surface area contributed by atoms with Crippen LogP contribution in [0.4, 0.5) is 0 Å². The van der Waals surface area contributed by atoms with Crippen molar-refractivity contribution in [1.29, 1.82) is 0 Å². The standard InChI is InChI=1S/C22H17N3O6/c26-17(31-25-21(29)15-7-3-4-8-16(15)22(25)30)11-23-19(27)18-13-5-1-2-6-14(13)20(28)24(18)12-9-10-12/h1-8,12,18H,9-11H2,(H,23,27). The van der Waals surface area contributed by atoms with E-state index in [-0.39, 0.29) is 23.1 Å². The first-order valence-electron chi connectivity index (χ1n) is 9.85. The van der Waals surface area contributed by atoms with Crippen molar-refractivity contribution in [3.8, 4) is 0 Å². The molecule has 0 spiro atoms. The van der Waals surface area contributed by atoms with E-state index in [4.69, 9.17) is 4.84 Å². The van der Waals surface area contributed by atoms with Crippen LogP contribution in [0.25, 0.3) is 0 Å². The molecule has 0 saturated heterocycles. The van der Waals surface area contributed by atoms with Crippen molar-refractivity contribution < 1.29 is 28.8 Å². The summed E-state index contributed by atoms with van der Waals surface area (Å²) in [5, 5.41) is 2.86. The number of amides is 4. The van der Waals surface area contributed by atoms with Crippen LogP contribution >= 0.6 is 0 Å². The molecular formula is C22H17N3O6. The smallest absolute Gasteiger partial charge is 0.343 e. The molecule has 1 N–H and O–H groups in total. The summed E-state index contributed by atoms with van der Waals surface area (Å²) in [5.74, 6) is -3.18. The van der Waals surface area contributed by atoms with E-state index < -0.39 is 36.3 Å². The van der Waals surface area contributed by atoms with Gasteiger partial charge in [-0.3, -0.25) is 19.2 Å². The lowest BCUT2D eigenvalue weighted by atomic mass is 10.0. The number of hydroxylamine groups is 2. The minimum atomic E-state index is -0.974. The highest BCUT2D eigenvalue weighted by Gasteiger charge is 2.47. The molecule has 5 rings (SSSR count). The third-order valence-corrected chi connectivity index (χ3v) is 5.54. The molecule has 2 aliphatic heterocycles. The maximum atomic E-state index is 12.9. The number of carbonyl (C=O) groups excluding carboxylic acids is 5. The van der Waals surface area contributed by atoms with E-state index in [2.05, 4.69) is 5.32 Å². The lowest BCUT2D eigenvalue weighted by Gasteiger charge is -2.24. The number of nitrogens with one attached hydrogen (secondary N) is 1. The van der Waals surface area contributed by atoms with Crippen LogP contribution in [0.2, 0.25) is 0 Å². The number of fused-ring (bicyclic) bond motifs is 2. The van der Waals surface area contributed by atoms with Gasteiger partial charge in [-0.05, 0) is 36.6 Å². The van der Waals surface area contributed by atoms with Gasteiger partial charge in [0.05, 0.1) is 11.1 Å². The van der Waals surface area contributed by atoms with Gasteiger partial charge in [-0.15, -0.1) is 0 Å². The Morgan fingerprint density at radius 2 is 1.45 bits per heavy atom. The molecule has 9 nitrogen and oxygen atoms in total. The van der Waals surface area contributed by atoms with Crippen LogP contribution < -0.4 is 5.32 Å². The first-order valence-corrected chi connectivity index (χ1v) is 9.85. The van der Waals surface area contributed by atoms with Crippen molar-refractivity contribution >= 4 is 29.6 Å². The summed E-state index contributed by atoms with van der Waals surface area (Å²) < 4.78 is 0. The largest absolute Gasteiger partial charge is 0.352 e. The molecule has 156 valence electrons. The van der Waals surface area contributed by atoms with Crippen LogP contribution in [0, 0.1) is 0 Å². The zero-order chi connectivity index (χ0) is 21.7. The van der Waals surface area contributed by atoms with E-state index in [9.17, 15) is 24.0 Å². The molecule has 1 atom stereocenters. The second-order valence-electron chi connectivity index (χ2n) is 7.56. The molecule has 2 aromatic carbocycles. The fraction of sp³-hybridized carbons (Fsp3) is 0.227. The molecule has 9 heteroatoms. The molecular weight excluding hydrogens is 402 g/mol. The minimum absolute atomic E-state index is 0.000878. The van der Waals surface area contributed by atoms with Gasteiger partial charge in [0.15, 0.2) is 0 Å². The van der Waals surface area contributed by atoms with E-state index in [1.54, 1.807) is 41.3 Å². The summed E-state index contributed by atoms with van der Waals surface area (Å²) in [6, 6.07) is 12.2. The Hall–Kier alpha value is -4.01. The van der Waals surface area contributed by atoms with E-state index in [0.717, 1.165) is 12.8 Å². The van der Waals surface area contributed by atoms with Crippen LogP contribution in [0.15, 0.2) is 48.5 Å². The number of nitrogens with zero attached hydrogens (tertiary/aromatic N) is 2. The average molecular weight is 419 g/mol. The monoisotopic (exact) mass is 419 g/mol. The zero-order valence-corrected chi connectivity index (χ0v) is 16.2. The minimum Gasteiger partial charge on any atom is -0.343 e. The molecule has 2 heterocycles. The fourth-order valence-corrected chi connectivity index (χ4v) is 3.97. The summed E-state index contributed by atoms with van der Waals surface area (Å²) in [6.07, 6.45) is 1.65. The number of rotatable bonds is 5. The summed E-state index contributed by atoms with van der Waals surface area (Å²) >= 11 is 0. The Labute approximate surface area is 176 Å². The number of imide groups is 1. The molecule has 3 aliphatic rings. The highest BCUT2D eigenvalue weighted by Crippen LogP contribution is 2.41. The third-order valence-electron chi connectivity index (χ3n) is 5.54. The van der Waals surface area contributed by atoms with Gasteiger partial charge in [0.1, 0.15) is 12.6 Å². The molecule has 0 aromatic heterocycles. The van der Waals surface area contributed by atoms with Crippen molar-refractivity contribution in [3.63, 3.8) is 0 Å². The molecule has 1 fully saturated rings. The van der Waals surface area contributed by atoms with Crippen molar-refractivity contribution in [1.82, 2.24) is 15.3 Å². The maximum Gasteiger partial charge on any atom is 0.352 e. The van der Waals surface area contributed by atoms with Gasteiger partial charge in [0.2, 0.25) is 5.91 Å². The molecule has 1 aliphatic carbocycles. The lowest BCUT2D eigenvalue weighted by Crippen LogP contribution is -2.43. The Balaban J connectivity index is 1.26. The summed E-state index contributed by atoms with van der Waals surface area (Å²) in [5.41, 5.74) is 1.35. The van der Waals surface area contributed by atoms with E-state index >= 15 is 0 Å². The van der Waals surface area contributed by atoms with E-state index in [0.29, 0.717) is 16.2 Å². The summed E-state index contributed by atoms with van der Waals surface area (Å²) in [6.45, 7) is -0.558. The Bertz CT molecular complexity index is 1120. The van der Waals surface area contributed by atoms with Gasteiger partial charge < -0.3 is 15.1 Å². The lowest BCUT2D eigenvalue weighted by molar-refractivity contribution is -0.167. The molecule has 0 radical (unpaired) electrons. The number of carbonyl (C=O) groups is 5. The molecule has 1 saturated carbocycles. The second kappa shape index (κ2) is 7.05. The third kappa shape index (κ3) is 3.05. The highest BCUT2D eigenvalue weighted by molar-refractivity contribution is 6.20. The van der Waals surface area contributed by atoms with Crippen molar-refractivity contribution in [2.24, 2.45) is 0 Å². The molecule has 2 aromatic rings. The van der Waals surface area contributed by atoms with Gasteiger partial charge in [-0.2, -0.15) is 0 Å². The van der Waals surface area contributed by atoms with Gasteiger partial charge in [0, 0.05) is 11.6 Å². The van der Waals surface area contributed by atoms with Gasteiger partial charge in [-0.25, -0.2) is 4.79 Å². The number of hydrogen-bond acceptors (Lipinski definition) is 6. The summed E-state index contributed by atoms with van der Waals surface area (Å²) in [7, 11) is 0. The average Bonchev–Trinajstić information content (AvgIpc) is 3.54. The number of hydrogen-bond donors (Lipinski definition) is 1. The van der Waals surface area contributed by atoms with E-state index in [1.807, 2.05) is 0 Å². The topological polar surface area (TPSA) is 113 Å². The molecule has 31 heavy (non-hydrogen) atoms. The van der Waals surface area contributed by atoms with Crippen LogP contribution in [0.1, 0.15) is 55.5 Å². The van der Waals surface area contributed by atoms with Crippen molar-refractivity contribution in [2.75, 3.05) is 6.54 Å². The normalized spacial score (nSPS) is 19.4. The zero-order valence-electron chi connectivity index (χ0n) is 16.2. The Kier molecular flexibility index (Phi) is 4.32. The van der Waals surface area contributed by atoms with Gasteiger partial charge in [-0.1, -0.05) is 35.4 Å². The maximum absolute atomic E-state index is 12.9. The number of benzene rings is 2. The van der Waals surface area contributed by atoms with Crippen LogP contribution in [-0.4, -0.2) is 52.1 Å². The van der Waals surface area contributed by atoms with Gasteiger partial charge in [0.25, 0.3) is 17.7 Å². The van der Waals surface area contributed by atoms with Crippen LogP contribution in [-0.2, 0) is 14.4 Å². The van der Waals surface area contributed by atoms with E-state index in [1.165, 1.54) is 12.1 Å². The molecule has 4 amide bonds. The second-order valence-corrected chi connectivity index (χ2v) is 7.56. The highest BCUT2D eigenvalue weighted by atomic mass is 16.7. The van der Waals surface area contributed by atoms with Crippen molar-refractivity contribution in [2.45, 2.75) is 24.9 Å². The quantitative estimate of drug-likeness (QED) is 0.729. The van der Waals surface area contributed by atoms with Crippen LogP contribution in [0.5, 0.6) is 0 Å². The first-order chi connectivity index (χ1) is 15.0. The molecule has 1 unspecified atom stereocenters.